The van der Waals surface area contributed by atoms with Crippen LogP contribution in [0.4, 0.5) is 0 Å². The third kappa shape index (κ3) is 3.22. The van der Waals surface area contributed by atoms with Gasteiger partial charge in [0, 0.05) is 89.9 Å². The van der Waals surface area contributed by atoms with Crippen LogP contribution in [0.3, 0.4) is 0 Å². The molecule has 4 aromatic heterocycles. The molecule has 17 rings (SSSR count). The number of fused-ring (bicyclic) bond motifs is 12. The average Bonchev–Trinajstić information content (AvgIpc) is 3.92. The summed E-state index contributed by atoms with van der Waals surface area (Å²) in [6.07, 6.45) is 40.5. The molecule has 8 unspecified atom stereocenters. The molecule has 0 saturated carbocycles. The van der Waals surface area contributed by atoms with Crippen molar-refractivity contribution >= 4 is 35.6 Å². The molecule has 0 amide bonds. The predicted molar refractivity (Wildman–Crippen MR) is 195 cm³/mol. The van der Waals surface area contributed by atoms with Crippen LogP contribution in [0.25, 0.3) is 24.3 Å². The maximum absolute atomic E-state index is 4.10. The molecular formula is C44H39N3S. The third-order valence-electron chi connectivity index (χ3n) is 14.0. The van der Waals surface area contributed by atoms with Crippen molar-refractivity contribution in [3.63, 3.8) is 0 Å². The second-order valence-corrected chi connectivity index (χ2v) is 17.4. The molecule has 8 atom stereocenters. The van der Waals surface area contributed by atoms with Gasteiger partial charge in [0.05, 0.1) is 0 Å². The fourth-order valence-electron chi connectivity index (χ4n) is 12.0. The topological polar surface area (TPSA) is 47.4 Å². The molecule has 0 saturated heterocycles. The van der Waals surface area contributed by atoms with E-state index in [9.17, 15) is 0 Å². The second kappa shape index (κ2) is 8.95. The minimum absolute atomic E-state index is 0.504. The molecule has 0 radical (unpaired) electrons. The maximum Gasteiger partial charge on any atom is 0.0447 e. The number of nitrogens with one attached hydrogen (secondary N) is 3. The molecule has 3 nitrogen and oxygen atoms in total. The van der Waals surface area contributed by atoms with Crippen molar-refractivity contribution in [3.8, 4) is 0 Å². The Kier molecular flexibility index (Phi) is 4.84. The minimum Gasteiger partial charge on any atom is -0.355 e. The van der Waals surface area contributed by atoms with Crippen molar-refractivity contribution < 1.29 is 0 Å². The average molecular weight is 642 g/mol. The van der Waals surface area contributed by atoms with Crippen LogP contribution in [0.15, 0.2) is 48.6 Å². The number of aromatic nitrogens is 3. The Hall–Kier alpha value is -4.02. The molecule has 0 spiro atoms. The largest absolute Gasteiger partial charge is 0.355 e. The highest BCUT2D eigenvalue weighted by molar-refractivity contribution is 7.08. The number of allylic oxidation sites excluding steroid dienone is 8. The zero-order valence-electron chi connectivity index (χ0n) is 27.1. The van der Waals surface area contributed by atoms with Gasteiger partial charge < -0.3 is 15.0 Å². The molecule has 16 bridgehead atoms. The van der Waals surface area contributed by atoms with E-state index in [0.29, 0.717) is 47.3 Å². The fraction of sp³-hybridized carbons (Fsp3) is 0.364. The first-order chi connectivity index (χ1) is 23.7. The van der Waals surface area contributed by atoms with Crippen molar-refractivity contribution in [2.75, 3.05) is 0 Å². The van der Waals surface area contributed by atoms with Gasteiger partial charge >= 0.3 is 0 Å². The Morgan fingerprint density at radius 1 is 0.333 bits per heavy atom. The van der Waals surface area contributed by atoms with Crippen LogP contribution in [0.2, 0.25) is 0 Å². The molecule has 12 aliphatic carbocycles. The zero-order chi connectivity index (χ0) is 30.8. The molecule has 4 aromatic rings. The Morgan fingerprint density at radius 3 is 0.958 bits per heavy atom. The number of H-pyrrole nitrogens is 3. The van der Waals surface area contributed by atoms with Gasteiger partial charge in [-0.3, -0.25) is 0 Å². The molecule has 0 aromatic carbocycles. The summed E-state index contributed by atoms with van der Waals surface area (Å²) < 4.78 is 2.97. The fourth-order valence-corrected chi connectivity index (χ4v) is 13.4. The predicted octanol–water partition coefficient (Wildman–Crippen LogP) is 7.48. The summed E-state index contributed by atoms with van der Waals surface area (Å²) in [4.78, 5) is 12.3. The van der Waals surface area contributed by atoms with Crippen molar-refractivity contribution in [2.24, 2.45) is 0 Å². The van der Waals surface area contributed by atoms with Gasteiger partial charge in [-0.2, -0.15) is 0 Å². The van der Waals surface area contributed by atoms with Gasteiger partial charge in [-0.1, -0.05) is 48.6 Å². The van der Waals surface area contributed by atoms with Crippen LogP contribution in [0, 0.1) is 0 Å². The van der Waals surface area contributed by atoms with E-state index in [1.165, 1.54) is 93.9 Å². The zero-order valence-corrected chi connectivity index (χ0v) is 27.9. The van der Waals surface area contributed by atoms with Crippen LogP contribution < -0.4 is 19.8 Å². The number of thiophene rings is 1. The van der Waals surface area contributed by atoms with E-state index < -0.39 is 0 Å². The highest BCUT2D eigenvalue weighted by atomic mass is 32.1. The Bertz CT molecular complexity index is 2190. The summed E-state index contributed by atoms with van der Waals surface area (Å²) in [5.74, 6) is 4.14. The van der Waals surface area contributed by atoms with E-state index in [0.717, 1.165) is 0 Å². The molecule has 4 heteroatoms. The number of rotatable bonds is 0. The van der Waals surface area contributed by atoms with E-state index in [2.05, 4.69) is 99.2 Å². The summed E-state index contributed by atoms with van der Waals surface area (Å²) >= 11 is 2.06. The van der Waals surface area contributed by atoms with Gasteiger partial charge in [0.25, 0.3) is 0 Å². The lowest BCUT2D eigenvalue weighted by Gasteiger charge is -2.32. The summed E-state index contributed by atoms with van der Waals surface area (Å²) in [6.45, 7) is 0. The van der Waals surface area contributed by atoms with E-state index >= 15 is 0 Å². The van der Waals surface area contributed by atoms with E-state index in [-0.39, 0.29) is 0 Å². The highest BCUT2D eigenvalue weighted by Gasteiger charge is 2.38. The lowest BCUT2D eigenvalue weighted by molar-refractivity contribution is 0.552. The third-order valence-corrected chi connectivity index (χ3v) is 15.1. The van der Waals surface area contributed by atoms with Crippen molar-refractivity contribution in [1.82, 2.24) is 15.0 Å². The minimum atomic E-state index is 0.504. The molecular weight excluding hydrogens is 603 g/mol. The first kappa shape index (κ1) is 25.9. The molecule has 5 heterocycles. The Balaban J connectivity index is 1.18. The maximum atomic E-state index is 4.10. The van der Waals surface area contributed by atoms with E-state index in [4.69, 9.17) is 0 Å². The van der Waals surface area contributed by atoms with Crippen molar-refractivity contribution in [1.29, 1.82) is 0 Å². The summed E-state index contributed by atoms with van der Waals surface area (Å²) in [6, 6.07) is 0. The van der Waals surface area contributed by atoms with Crippen LogP contribution in [-0.2, 0) is 0 Å². The standard InChI is InChI=1S/C44H39N3S/c1-2-22-4-3-21(1)37-29-17-31-39-23-5-9-25(10-6-23)41(39)33(46-31)19-35-43-27-13-15-28(16-14-27)44(43)36(48-35)20-34-42-26-11-7-24(8-12-26)40(42)32(47-34)18-30(45-29)38(22)37/h1-2,5,7,9,11,13,15,17-28,45-47H,3-4,6,8,10,12,14,16H2. The lowest BCUT2D eigenvalue weighted by Crippen LogP contribution is -2.24. The molecule has 13 aliphatic rings. The number of hydrogen-bond donors (Lipinski definition) is 3. The first-order valence-corrected chi connectivity index (χ1v) is 19.6. The number of hydrogen-bond acceptors (Lipinski definition) is 1. The SMILES string of the molecule is C1=CC2CCC1c1c3[nH]c(c12)C=c1sc(c2c1C1C=CC2CC1)=Cc1[nH]c(c2c1C1C=CC2CC1)C=c1[nH]c(c2c1C1C=CC2CC1)=C3. The van der Waals surface area contributed by atoms with Gasteiger partial charge in [0.2, 0.25) is 0 Å². The van der Waals surface area contributed by atoms with Gasteiger partial charge in [-0.15, -0.1) is 11.3 Å². The van der Waals surface area contributed by atoms with Crippen LogP contribution in [0.1, 0.15) is 166 Å². The molecule has 3 N–H and O–H groups in total. The Labute approximate surface area is 284 Å². The van der Waals surface area contributed by atoms with Crippen LogP contribution >= 0.6 is 11.3 Å². The summed E-state index contributed by atoms with van der Waals surface area (Å²) in [7, 11) is 0. The second-order valence-electron chi connectivity index (χ2n) is 16.3. The summed E-state index contributed by atoms with van der Waals surface area (Å²) in [5, 5.41) is 2.66. The molecule has 236 valence electrons. The van der Waals surface area contributed by atoms with Crippen molar-refractivity contribution in [3.05, 3.63) is 136 Å². The van der Waals surface area contributed by atoms with Gasteiger partial charge in [-0.25, -0.2) is 0 Å². The van der Waals surface area contributed by atoms with Crippen LogP contribution in [0.5, 0.6) is 0 Å². The smallest absolute Gasteiger partial charge is 0.0447 e. The lowest BCUT2D eigenvalue weighted by atomic mass is 9.70. The summed E-state index contributed by atoms with van der Waals surface area (Å²) in [5.41, 5.74) is 18.0. The monoisotopic (exact) mass is 641 g/mol. The number of aromatic amines is 3. The van der Waals surface area contributed by atoms with E-state index in [1.807, 2.05) is 0 Å². The van der Waals surface area contributed by atoms with Crippen molar-refractivity contribution in [2.45, 2.75) is 98.7 Å². The molecule has 1 aliphatic heterocycles. The normalized spacial score (nSPS) is 32.7. The van der Waals surface area contributed by atoms with Crippen LogP contribution in [-0.4, -0.2) is 15.0 Å². The Morgan fingerprint density at radius 2 is 0.625 bits per heavy atom. The van der Waals surface area contributed by atoms with Gasteiger partial charge in [-0.05, 0) is 120 Å². The highest BCUT2D eigenvalue weighted by Crippen LogP contribution is 2.51. The van der Waals surface area contributed by atoms with E-state index in [1.54, 1.807) is 44.5 Å². The molecule has 0 fully saturated rings. The van der Waals surface area contributed by atoms with Gasteiger partial charge in [0.15, 0.2) is 0 Å². The van der Waals surface area contributed by atoms with Gasteiger partial charge in [0.1, 0.15) is 0 Å². The first-order valence-electron chi connectivity index (χ1n) is 18.8. The quantitative estimate of drug-likeness (QED) is 0.147. The molecule has 48 heavy (non-hydrogen) atoms.